The highest BCUT2D eigenvalue weighted by Crippen LogP contribution is 2.35. The molecule has 0 amide bonds. The van der Waals surface area contributed by atoms with Crippen molar-refractivity contribution in [3.63, 3.8) is 0 Å². The van der Waals surface area contributed by atoms with E-state index in [0.29, 0.717) is 10.7 Å². The molecule has 0 aromatic heterocycles. The first-order valence-electron chi connectivity index (χ1n) is 5.15. The fourth-order valence-corrected chi connectivity index (χ4v) is 2.68. The molecular formula is C13H19Br. The Balaban J connectivity index is 3.20. The van der Waals surface area contributed by atoms with E-state index in [1.54, 1.807) is 0 Å². The molecular weight excluding hydrogens is 236 g/mol. The molecule has 0 N–H and O–H groups in total. The van der Waals surface area contributed by atoms with Gasteiger partial charge in [0.1, 0.15) is 0 Å². The molecule has 0 heterocycles. The van der Waals surface area contributed by atoms with E-state index in [9.17, 15) is 0 Å². The molecule has 0 radical (unpaired) electrons. The quantitative estimate of drug-likeness (QED) is 0.672. The van der Waals surface area contributed by atoms with E-state index in [-0.39, 0.29) is 0 Å². The van der Waals surface area contributed by atoms with Crippen molar-refractivity contribution < 1.29 is 0 Å². The van der Waals surface area contributed by atoms with Gasteiger partial charge in [-0.3, -0.25) is 0 Å². The van der Waals surface area contributed by atoms with Gasteiger partial charge in [-0.15, -0.1) is 0 Å². The number of hydrogen-bond acceptors (Lipinski definition) is 0. The predicted molar refractivity (Wildman–Crippen MR) is 67.2 cm³/mol. The number of rotatable bonds is 2. The summed E-state index contributed by atoms with van der Waals surface area (Å²) < 4.78 is 0. The van der Waals surface area contributed by atoms with Crippen LogP contribution in [-0.2, 0) is 0 Å². The molecule has 0 nitrogen and oxygen atoms in total. The molecule has 1 heteroatoms. The Hall–Kier alpha value is -0.300. The Morgan fingerprint density at radius 2 is 1.43 bits per heavy atom. The van der Waals surface area contributed by atoms with E-state index in [4.69, 9.17) is 0 Å². The van der Waals surface area contributed by atoms with Crippen LogP contribution >= 0.6 is 15.9 Å². The van der Waals surface area contributed by atoms with Crippen LogP contribution in [0.1, 0.15) is 40.9 Å². The van der Waals surface area contributed by atoms with Gasteiger partial charge in [-0.1, -0.05) is 47.5 Å². The summed E-state index contributed by atoms with van der Waals surface area (Å²) in [4.78, 5) is 0.475. The second kappa shape index (κ2) is 4.48. The third-order valence-corrected chi connectivity index (χ3v) is 4.11. The summed E-state index contributed by atoms with van der Waals surface area (Å²) in [5.41, 5.74) is 5.62. The van der Waals surface area contributed by atoms with Crippen molar-refractivity contribution in [2.45, 2.75) is 39.4 Å². The number of benzene rings is 1. The lowest BCUT2D eigenvalue weighted by atomic mass is 9.93. The van der Waals surface area contributed by atoms with Crippen LogP contribution in [0.5, 0.6) is 0 Å². The third-order valence-electron chi connectivity index (χ3n) is 2.60. The smallest absolute Gasteiger partial charge is 0.0423 e. The molecule has 0 spiro atoms. The van der Waals surface area contributed by atoms with Crippen LogP contribution in [-0.4, -0.2) is 0 Å². The summed E-state index contributed by atoms with van der Waals surface area (Å²) >= 11 is 3.78. The molecule has 1 aromatic carbocycles. The Morgan fingerprint density at radius 3 is 1.79 bits per heavy atom. The van der Waals surface area contributed by atoms with E-state index in [1.807, 2.05) is 0 Å². The molecule has 0 aliphatic heterocycles. The SMILES string of the molecule is Cc1cc(C)c(C(Br)C(C)C)c(C)c1. The lowest BCUT2D eigenvalue weighted by molar-refractivity contribution is 0.636. The Bertz CT molecular complexity index is 303. The van der Waals surface area contributed by atoms with Crippen molar-refractivity contribution in [1.29, 1.82) is 0 Å². The summed E-state index contributed by atoms with van der Waals surface area (Å²) in [6.45, 7) is 11.1. The van der Waals surface area contributed by atoms with Gasteiger partial charge in [-0.05, 0) is 43.4 Å². The van der Waals surface area contributed by atoms with Crippen LogP contribution < -0.4 is 0 Å². The zero-order valence-corrected chi connectivity index (χ0v) is 11.3. The predicted octanol–water partition coefficient (Wildman–Crippen LogP) is 4.70. The molecule has 1 unspecified atom stereocenters. The molecule has 1 rings (SSSR count). The molecule has 0 fully saturated rings. The van der Waals surface area contributed by atoms with Crippen LogP contribution in [0.25, 0.3) is 0 Å². The van der Waals surface area contributed by atoms with Gasteiger partial charge in [-0.2, -0.15) is 0 Å². The van der Waals surface area contributed by atoms with Crippen molar-refractivity contribution in [2.24, 2.45) is 5.92 Å². The van der Waals surface area contributed by atoms with Crippen LogP contribution in [0.4, 0.5) is 0 Å². The molecule has 0 aliphatic rings. The highest BCUT2D eigenvalue weighted by atomic mass is 79.9. The van der Waals surface area contributed by atoms with E-state index in [0.717, 1.165) is 0 Å². The average molecular weight is 255 g/mol. The monoisotopic (exact) mass is 254 g/mol. The van der Waals surface area contributed by atoms with E-state index >= 15 is 0 Å². The van der Waals surface area contributed by atoms with E-state index in [2.05, 4.69) is 62.7 Å². The minimum atomic E-state index is 0.475. The van der Waals surface area contributed by atoms with Crippen molar-refractivity contribution in [2.75, 3.05) is 0 Å². The summed E-state index contributed by atoms with van der Waals surface area (Å²) in [6, 6.07) is 4.53. The highest BCUT2D eigenvalue weighted by molar-refractivity contribution is 9.09. The van der Waals surface area contributed by atoms with Crippen LogP contribution in [0.2, 0.25) is 0 Å². The zero-order valence-electron chi connectivity index (χ0n) is 9.69. The van der Waals surface area contributed by atoms with Gasteiger partial charge < -0.3 is 0 Å². The van der Waals surface area contributed by atoms with Gasteiger partial charge in [0.25, 0.3) is 0 Å². The average Bonchev–Trinajstić information content (AvgIpc) is 2.01. The molecule has 0 saturated carbocycles. The lowest BCUT2D eigenvalue weighted by Gasteiger charge is -2.20. The maximum absolute atomic E-state index is 3.78. The fourth-order valence-electron chi connectivity index (χ4n) is 1.96. The van der Waals surface area contributed by atoms with Crippen LogP contribution in [0.3, 0.4) is 0 Å². The topological polar surface area (TPSA) is 0 Å². The second-order valence-corrected chi connectivity index (χ2v) is 5.44. The Morgan fingerprint density at radius 1 is 1.00 bits per heavy atom. The summed E-state index contributed by atoms with van der Waals surface area (Å²) in [6.07, 6.45) is 0. The highest BCUT2D eigenvalue weighted by Gasteiger charge is 2.16. The number of halogens is 1. The molecule has 0 saturated heterocycles. The Labute approximate surface area is 95.9 Å². The van der Waals surface area contributed by atoms with Gasteiger partial charge in [0.05, 0.1) is 0 Å². The van der Waals surface area contributed by atoms with Crippen LogP contribution in [0, 0.1) is 26.7 Å². The minimum absolute atomic E-state index is 0.475. The maximum atomic E-state index is 3.78. The maximum Gasteiger partial charge on any atom is 0.0423 e. The lowest BCUT2D eigenvalue weighted by Crippen LogP contribution is -2.04. The minimum Gasteiger partial charge on any atom is -0.0836 e. The third kappa shape index (κ3) is 2.38. The van der Waals surface area contributed by atoms with Gasteiger partial charge in [0.15, 0.2) is 0 Å². The fraction of sp³-hybridized carbons (Fsp3) is 0.538. The zero-order chi connectivity index (χ0) is 10.9. The molecule has 14 heavy (non-hydrogen) atoms. The normalized spacial score (nSPS) is 13.4. The molecule has 1 aromatic rings. The van der Waals surface area contributed by atoms with Gasteiger partial charge in [0, 0.05) is 4.83 Å². The molecule has 78 valence electrons. The second-order valence-electron chi connectivity index (χ2n) is 4.46. The van der Waals surface area contributed by atoms with E-state index in [1.165, 1.54) is 22.3 Å². The van der Waals surface area contributed by atoms with Gasteiger partial charge in [0.2, 0.25) is 0 Å². The summed E-state index contributed by atoms with van der Waals surface area (Å²) in [7, 11) is 0. The standard InChI is InChI=1S/C13H19Br/c1-8(2)13(14)12-10(4)6-9(3)7-11(12)5/h6-8,13H,1-5H3. The molecule has 0 aliphatic carbocycles. The van der Waals surface area contributed by atoms with Gasteiger partial charge >= 0.3 is 0 Å². The summed E-state index contributed by atoms with van der Waals surface area (Å²) in [5.74, 6) is 0.634. The Kier molecular flexibility index (Phi) is 3.77. The number of hydrogen-bond donors (Lipinski definition) is 0. The first-order valence-corrected chi connectivity index (χ1v) is 6.07. The number of aryl methyl sites for hydroxylation is 3. The van der Waals surface area contributed by atoms with Crippen molar-refractivity contribution in [3.05, 3.63) is 34.4 Å². The molecule has 0 bridgehead atoms. The van der Waals surface area contributed by atoms with Crippen molar-refractivity contribution >= 4 is 15.9 Å². The number of alkyl halides is 1. The first-order chi connectivity index (χ1) is 6.43. The van der Waals surface area contributed by atoms with Gasteiger partial charge in [-0.25, -0.2) is 0 Å². The van der Waals surface area contributed by atoms with Crippen molar-refractivity contribution in [1.82, 2.24) is 0 Å². The van der Waals surface area contributed by atoms with E-state index < -0.39 is 0 Å². The van der Waals surface area contributed by atoms with Crippen LogP contribution in [0.15, 0.2) is 12.1 Å². The largest absolute Gasteiger partial charge is 0.0836 e. The summed E-state index contributed by atoms with van der Waals surface area (Å²) in [5, 5.41) is 0. The van der Waals surface area contributed by atoms with Crippen molar-refractivity contribution in [3.8, 4) is 0 Å². The first kappa shape index (κ1) is 11.8. The molecule has 1 atom stereocenters.